The third kappa shape index (κ3) is 4.32. The highest BCUT2D eigenvalue weighted by atomic mass is 16.1. The molecule has 0 spiro atoms. The second-order valence-corrected chi connectivity index (χ2v) is 6.46. The molecular formula is C19H25NO. The summed E-state index contributed by atoms with van der Waals surface area (Å²) in [6.07, 6.45) is 11.4. The van der Waals surface area contributed by atoms with Crippen molar-refractivity contribution >= 4 is 17.5 Å². The normalized spacial score (nSPS) is 19.3. The maximum atomic E-state index is 10.3. The van der Waals surface area contributed by atoms with Gasteiger partial charge >= 0.3 is 0 Å². The molecule has 1 aromatic carbocycles. The van der Waals surface area contributed by atoms with Crippen molar-refractivity contribution in [2.24, 2.45) is 5.41 Å². The van der Waals surface area contributed by atoms with Crippen LogP contribution in [0.25, 0.3) is 5.57 Å². The number of nitrogens with two attached hydrogens (primary N) is 1. The summed E-state index contributed by atoms with van der Waals surface area (Å²) in [5.41, 5.74) is 10.5. The lowest BCUT2D eigenvalue weighted by Gasteiger charge is -2.11. The van der Waals surface area contributed by atoms with Crippen LogP contribution >= 0.6 is 0 Å². The lowest BCUT2D eigenvalue weighted by Crippen LogP contribution is -2.11. The lowest BCUT2D eigenvalue weighted by atomic mass is 9.91. The second-order valence-electron chi connectivity index (χ2n) is 6.46. The summed E-state index contributed by atoms with van der Waals surface area (Å²) in [7, 11) is 0. The zero-order valence-electron chi connectivity index (χ0n) is 13.1. The number of hydrogen-bond donors (Lipinski definition) is 1. The first-order chi connectivity index (χ1) is 10.0. The molecule has 0 heterocycles. The molecule has 0 bridgehead atoms. The number of carbonyl (C=O) groups excluding carboxylic acids is 1. The van der Waals surface area contributed by atoms with Gasteiger partial charge in [-0.25, -0.2) is 0 Å². The van der Waals surface area contributed by atoms with Gasteiger partial charge in [-0.2, -0.15) is 0 Å². The predicted molar refractivity (Wildman–Crippen MR) is 89.8 cm³/mol. The Morgan fingerprint density at radius 2 is 1.76 bits per heavy atom. The zero-order valence-corrected chi connectivity index (χ0v) is 13.1. The van der Waals surface area contributed by atoms with E-state index in [4.69, 9.17) is 5.73 Å². The largest absolute Gasteiger partial charge is 0.399 e. The van der Waals surface area contributed by atoms with Crippen molar-refractivity contribution < 1.29 is 4.79 Å². The van der Waals surface area contributed by atoms with Crippen molar-refractivity contribution in [3.05, 3.63) is 47.6 Å². The van der Waals surface area contributed by atoms with Crippen LogP contribution in [0.1, 0.15) is 51.5 Å². The quantitative estimate of drug-likeness (QED) is 0.627. The van der Waals surface area contributed by atoms with Crippen LogP contribution in [0.3, 0.4) is 0 Å². The van der Waals surface area contributed by atoms with Gasteiger partial charge in [0.1, 0.15) is 6.29 Å². The minimum Gasteiger partial charge on any atom is -0.399 e. The van der Waals surface area contributed by atoms with E-state index in [1.165, 1.54) is 29.6 Å². The van der Waals surface area contributed by atoms with E-state index in [0.29, 0.717) is 0 Å². The van der Waals surface area contributed by atoms with Crippen molar-refractivity contribution in [3.8, 4) is 0 Å². The van der Waals surface area contributed by atoms with Crippen LogP contribution in [0.5, 0.6) is 0 Å². The molecule has 2 heteroatoms. The van der Waals surface area contributed by atoms with Gasteiger partial charge < -0.3 is 10.5 Å². The minimum absolute atomic E-state index is 0.0556. The van der Waals surface area contributed by atoms with Crippen molar-refractivity contribution in [3.63, 3.8) is 0 Å². The fraction of sp³-hybridized carbons (Fsp3) is 0.421. The van der Waals surface area contributed by atoms with E-state index in [1.807, 2.05) is 19.1 Å². The molecule has 21 heavy (non-hydrogen) atoms. The number of hydrogen-bond acceptors (Lipinski definition) is 2. The first-order valence-corrected chi connectivity index (χ1v) is 7.72. The number of allylic oxidation sites excluding steroid dienone is 4. The molecule has 3 rings (SSSR count). The molecule has 2 aliphatic rings. The first-order valence-electron chi connectivity index (χ1n) is 7.72. The van der Waals surface area contributed by atoms with Gasteiger partial charge in [0.25, 0.3) is 0 Å². The standard InChI is InChI=1S/C12H13N.C7H12O/c1-9-2-3-11(8-9)10-4-6-12(13)7-5-10;1-7(6-8)4-2-3-5-7/h3-8H,2,13H2,1H3;6H,2-5H2,1H3. The van der Waals surface area contributed by atoms with Crippen molar-refractivity contribution in [2.75, 3.05) is 5.73 Å². The van der Waals surface area contributed by atoms with Gasteiger partial charge in [0.05, 0.1) is 0 Å². The van der Waals surface area contributed by atoms with Crippen LogP contribution < -0.4 is 5.73 Å². The van der Waals surface area contributed by atoms with Gasteiger partial charge in [0, 0.05) is 11.1 Å². The summed E-state index contributed by atoms with van der Waals surface area (Å²) in [6.45, 7) is 4.20. The Kier molecular flexibility index (Phi) is 5.00. The van der Waals surface area contributed by atoms with Crippen LogP contribution in [-0.2, 0) is 4.79 Å². The summed E-state index contributed by atoms with van der Waals surface area (Å²) >= 11 is 0. The number of benzene rings is 1. The molecule has 1 aromatic rings. The molecular weight excluding hydrogens is 258 g/mol. The molecule has 1 saturated carbocycles. The maximum Gasteiger partial charge on any atom is 0.125 e. The van der Waals surface area contributed by atoms with E-state index < -0.39 is 0 Å². The topological polar surface area (TPSA) is 43.1 Å². The lowest BCUT2D eigenvalue weighted by molar-refractivity contribution is -0.115. The van der Waals surface area contributed by atoms with Crippen LogP contribution in [-0.4, -0.2) is 6.29 Å². The van der Waals surface area contributed by atoms with Gasteiger partial charge in [-0.1, -0.05) is 49.6 Å². The molecule has 0 aliphatic heterocycles. The van der Waals surface area contributed by atoms with E-state index >= 15 is 0 Å². The third-order valence-electron chi connectivity index (χ3n) is 4.32. The summed E-state index contributed by atoms with van der Waals surface area (Å²) in [6, 6.07) is 8.02. The van der Waals surface area contributed by atoms with Crippen LogP contribution in [0, 0.1) is 5.41 Å². The summed E-state index contributed by atoms with van der Waals surface area (Å²) < 4.78 is 0. The number of aldehydes is 1. The van der Waals surface area contributed by atoms with E-state index in [0.717, 1.165) is 31.2 Å². The van der Waals surface area contributed by atoms with Gasteiger partial charge in [-0.3, -0.25) is 0 Å². The van der Waals surface area contributed by atoms with Crippen LogP contribution in [0.2, 0.25) is 0 Å². The second kappa shape index (κ2) is 6.75. The average molecular weight is 283 g/mol. The fourth-order valence-corrected chi connectivity index (χ4v) is 2.83. The molecule has 1 fully saturated rings. The minimum atomic E-state index is 0.0556. The molecule has 2 N–H and O–H groups in total. The Bertz CT molecular complexity index is 545. The highest BCUT2D eigenvalue weighted by molar-refractivity contribution is 5.77. The molecule has 0 aromatic heterocycles. The number of carbonyl (C=O) groups is 1. The number of rotatable bonds is 2. The van der Waals surface area contributed by atoms with E-state index in [9.17, 15) is 4.79 Å². The highest BCUT2D eigenvalue weighted by Crippen LogP contribution is 2.34. The van der Waals surface area contributed by atoms with E-state index in [1.54, 1.807) is 0 Å². The van der Waals surface area contributed by atoms with Crippen molar-refractivity contribution in [1.82, 2.24) is 0 Å². The van der Waals surface area contributed by atoms with E-state index in [-0.39, 0.29) is 5.41 Å². The number of nitrogen functional groups attached to an aromatic ring is 1. The fourth-order valence-electron chi connectivity index (χ4n) is 2.83. The molecule has 2 aliphatic carbocycles. The smallest absolute Gasteiger partial charge is 0.125 e. The molecule has 0 atom stereocenters. The molecule has 0 saturated heterocycles. The molecule has 112 valence electrons. The van der Waals surface area contributed by atoms with Crippen molar-refractivity contribution in [2.45, 2.75) is 46.0 Å². The zero-order chi connectivity index (χ0) is 15.3. The van der Waals surface area contributed by atoms with E-state index in [2.05, 4.69) is 31.2 Å². The molecule has 0 amide bonds. The Hall–Kier alpha value is -1.83. The Morgan fingerprint density at radius 3 is 2.19 bits per heavy atom. The SMILES string of the molecule is CC1(C=O)CCCC1.CC1=CC(c2ccc(N)cc2)=CC1. The Labute approximate surface area is 127 Å². The van der Waals surface area contributed by atoms with Crippen molar-refractivity contribution in [1.29, 1.82) is 0 Å². The first kappa shape index (κ1) is 15.6. The molecule has 2 nitrogen and oxygen atoms in total. The molecule has 0 radical (unpaired) electrons. The highest BCUT2D eigenvalue weighted by Gasteiger charge is 2.27. The Balaban J connectivity index is 0.000000173. The van der Waals surface area contributed by atoms with Crippen LogP contribution in [0.4, 0.5) is 5.69 Å². The summed E-state index contributed by atoms with van der Waals surface area (Å²) in [5, 5.41) is 0. The maximum absolute atomic E-state index is 10.3. The third-order valence-corrected chi connectivity index (χ3v) is 4.32. The monoisotopic (exact) mass is 283 g/mol. The predicted octanol–water partition coefficient (Wildman–Crippen LogP) is 4.77. The van der Waals surface area contributed by atoms with Gasteiger partial charge in [0.2, 0.25) is 0 Å². The number of anilines is 1. The molecule has 0 unspecified atom stereocenters. The van der Waals surface area contributed by atoms with Gasteiger partial charge in [-0.05, 0) is 49.5 Å². The summed E-state index contributed by atoms with van der Waals surface area (Å²) in [4.78, 5) is 10.3. The van der Waals surface area contributed by atoms with Gasteiger partial charge in [-0.15, -0.1) is 0 Å². The van der Waals surface area contributed by atoms with Gasteiger partial charge in [0.15, 0.2) is 0 Å². The summed E-state index contributed by atoms with van der Waals surface area (Å²) in [5.74, 6) is 0. The van der Waals surface area contributed by atoms with Crippen LogP contribution in [0.15, 0.2) is 42.0 Å². The Morgan fingerprint density at radius 1 is 1.14 bits per heavy atom. The average Bonchev–Trinajstić information content (AvgIpc) is 3.10.